The van der Waals surface area contributed by atoms with Crippen LogP contribution in [0.3, 0.4) is 0 Å². The van der Waals surface area contributed by atoms with Crippen molar-refractivity contribution in [2.45, 2.75) is 39.8 Å². The standard InChI is InChI=1S/C17H20Cl2N4O2/c1-11-14(9-20-21-16(24)25-17(2,3)4)15(19)23(22-11)10-12-5-7-13(18)8-6-12/h5-9H,10H2,1-4H3,(H,21,24)/b20-9+. The quantitative estimate of drug-likeness (QED) is 0.628. The van der Waals surface area contributed by atoms with Crippen LogP contribution in [-0.2, 0) is 11.3 Å². The van der Waals surface area contributed by atoms with Crippen LogP contribution in [0.25, 0.3) is 0 Å². The van der Waals surface area contributed by atoms with Crippen molar-refractivity contribution in [1.82, 2.24) is 15.2 Å². The van der Waals surface area contributed by atoms with Crippen LogP contribution in [0, 0.1) is 6.92 Å². The van der Waals surface area contributed by atoms with E-state index in [4.69, 9.17) is 27.9 Å². The summed E-state index contributed by atoms with van der Waals surface area (Å²) in [6, 6.07) is 7.45. The predicted molar refractivity (Wildman–Crippen MR) is 99.5 cm³/mol. The number of nitrogens with zero attached hydrogens (tertiary/aromatic N) is 3. The van der Waals surface area contributed by atoms with Gasteiger partial charge in [-0.3, -0.25) is 0 Å². The van der Waals surface area contributed by atoms with Crippen LogP contribution in [-0.4, -0.2) is 27.7 Å². The summed E-state index contributed by atoms with van der Waals surface area (Å²) in [6.45, 7) is 7.65. The van der Waals surface area contributed by atoms with Gasteiger partial charge in [0.25, 0.3) is 0 Å². The summed E-state index contributed by atoms with van der Waals surface area (Å²) in [5.74, 6) is 0. The van der Waals surface area contributed by atoms with Crippen molar-refractivity contribution in [2.75, 3.05) is 0 Å². The topological polar surface area (TPSA) is 68.5 Å². The third-order valence-electron chi connectivity index (χ3n) is 3.10. The Morgan fingerprint density at radius 3 is 2.56 bits per heavy atom. The number of aromatic nitrogens is 2. The highest BCUT2D eigenvalue weighted by atomic mass is 35.5. The molecule has 134 valence electrons. The zero-order chi connectivity index (χ0) is 18.6. The predicted octanol–water partition coefficient (Wildman–Crippen LogP) is 4.41. The fraction of sp³-hybridized carbons (Fsp3) is 0.353. The van der Waals surface area contributed by atoms with Crippen molar-refractivity contribution in [3.8, 4) is 0 Å². The molecule has 6 nitrogen and oxygen atoms in total. The lowest BCUT2D eigenvalue weighted by Gasteiger charge is -2.18. The van der Waals surface area contributed by atoms with Gasteiger partial charge in [0, 0.05) is 5.02 Å². The molecule has 1 aromatic carbocycles. The Hall–Kier alpha value is -2.05. The first kappa shape index (κ1) is 19.3. The highest BCUT2D eigenvalue weighted by Gasteiger charge is 2.16. The van der Waals surface area contributed by atoms with E-state index in [1.807, 2.05) is 31.2 Å². The molecule has 0 radical (unpaired) electrons. The highest BCUT2D eigenvalue weighted by molar-refractivity contribution is 6.32. The minimum absolute atomic E-state index is 0.433. The zero-order valence-electron chi connectivity index (χ0n) is 14.5. The van der Waals surface area contributed by atoms with Gasteiger partial charge in [0.15, 0.2) is 0 Å². The minimum Gasteiger partial charge on any atom is -0.443 e. The van der Waals surface area contributed by atoms with E-state index in [0.717, 1.165) is 5.56 Å². The lowest BCUT2D eigenvalue weighted by atomic mass is 10.2. The number of aryl methyl sites for hydroxylation is 1. The molecule has 8 heteroatoms. The fourth-order valence-electron chi connectivity index (χ4n) is 2.03. The second-order valence-corrected chi connectivity index (χ2v) is 7.24. The molecule has 0 aliphatic carbocycles. The molecule has 25 heavy (non-hydrogen) atoms. The molecular weight excluding hydrogens is 363 g/mol. The van der Waals surface area contributed by atoms with Crippen LogP contribution in [0.2, 0.25) is 10.2 Å². The molecule has 0 unspecified atom stereocenters. The Labute approximate surface area is 156 Å². The van der Waals surface area contributed by atoms with Gasteiger partial charge in [-0.25, -0.2) is 14.9 Å². The summed E-state index contributed by atoms with van der Waals surface area (Å²) in [4.78, 5) is 11.6. The molecule has 1 N–H and O–H groups in total. The molecule has 1 amide bonds. The molecule has 0 bridgehead atoms. The number of halogens is 2. The first-order valence-corrected chi connectivity index (χ1v) is 8.41. The number of amides is 1. The number of rotatable bonds is 4. The maximum Gasteiger partial charge on any atom is 0.428 e. The lowest BCUT2D eigenvalue weighted by molar-refractivity contribution is 0.0529. The fourth-order valence-corrected chi connectivity index (χ4v) is 2.44. The molecule has 0 saturated carbocycles. The number of ether oxygens (including phenoxy) is 1. The van der Waals surface area contributed by atoms with Gasteiger partial charge in [-0.05, 0) is 45.4 Å². The zero-order valence-corrected chi connectivity index (χ0v) is 16.0. The van der Waals surface area contributed by atoms with Crippen LogP contribution < -0.4 is 5.43 Å². The van der Waals surface area contributed by atoms with Gasteiger partial charge >= 0.3 is 6.09 Å². The molecule has 0 saturated heterocycles. The number of carbonyl (C=O) groups excluding carboxylic acids is 1. The smallest absolute Gasteiger partial charge is 0.428 e. The molecule has 1 heterocycles. The van der Waals surface area contributed by atoms with Gasteiger partial charge in [-0.2, -0.15) is 10.2 Å². The Kier molecular flexibility index (Phi) is 6.08. The van der Waals surface area contributed by atoms with E-state index < -0.39 is 11.7 Å². The maximum absolute atomic E-state index is 11.6. The monoisotopic (exact) mass is 382 g/mol. The second-order valence-electron chi connectivity index (χ2n) is 6.45. The first-order chi connectivity index (χ1) is 11.7. The van der Waals surface area contributed by atoms with Crippen molar-refractivity contribution in [1.29, 1.82) is 0 Å². The van der Waals surface area contributed by atoms with Crippen molar-refractivity contribution in [3.63, 3.8) is 0 Å². The van der Waals surface area contributed by atoms with E-state index in [2.05, 4.69) is 15.6 Å². The normalized spacial score (nSPS) is 11.8. The van der Waals surface area contributed by atoms with E-state index in [-0.39, 0.29) is 0 Å². The largest absolute Gasteiger partial charge is 0.443 e. The molecule has 0 fully saturated rings. The minimum atomic E-state index is -0.633. The molecule has 2 rings (SSSR count). The van der Waals surface area contributed by atoms with E-state index in [1.54, 1.807) is 25.5 Å². The summed E-state index contributed by atoms with van der Waals surface area (Å²) < 4.78 is 6.76. The average Bonchev–Trinajstić information content (AvgIpc) is 2.75. The molecule has 0 aliphatic heterocycles. The summed E-state index contributed by atoms with van der Waals surface area (Å²) in [7, 11) is 0. The summed E-state index contributed by atoms with van der Waals surface area (Å²) >= 11 is 12.3. The van der Waals surface area contributed by atoms with Gasteiger partial charge in [0.1, 0.15) is 10.8 Å². The van der Waals surface area contributed by atoms with Crippen molar-refractivity contribution >= 4 is 35.5 Å². The summed E-state index contributed by atoms with van der Waals surface area (Å²) in [6.07, 6.45) is 0.818. The van der Waals surface area contributed by atoms with Crippen LogP contribution >= 0.6 is 23.2 Å². The Morgan fingerprint density at radius 1 is 1.32 bits per heavy atom. The van der Waals surface area contributed by atoms with Gasteiger partial charge in [-0.15, -0.1) is 0 Å². The number of hydrogen-bond donors (Lipinski definition) is 1. The number of benzene rings is 1. The van der Waals surface area contributed by atoms with Crippen molar-refractivity contribution in [3.05, 3.63) is 51.3 Å². The Bertz CT molecular complexity index is 777. The van der Waals surface area contributed by atoms with E-state index >= 15 is 0 Å². The van der Waals surface area contributed by atoms with Gasteiger partial charge < -0.3 is 4.74 Å². The Balaban J connectivity index is 2.07. The van der Waals surface area contributed by atoms with Gasteiger partial charge in [0.2, 0.25) is 0 Å². The highest BCUT2D eigenvalue weighted by Crippen LogP contribution is 2.20. The maximum atomic E-state index is 11.6. The van der Waals surface area contributed by atoms with Crippen LogP contribution in [0.1, 0.15) is 37.6 Å². The summed E-state index contributed by atoms with van der Waals surface area (Å²) in [5.41, 5.74) is 4.07. The summed E-state index contributed by atoms with van der Waals surface area (Å²) in [5, 5.41) is 9.38. The number of nitrogens with one attached hydrogen (secondary N) is 1. The van der Waals surface area contributed by atoms with Crippen molar-refractivity contribution in [2.24, 2.45) is 5.10 Å². The van der Waals surface area contributed by atoms with E-state index in [9.17, 15) is 4.79 Å². The SMILES string of the molecule is Cc1nn(Cc2ccc(Cl)cc2)c(Cl)c1/C=N/NC(=O)OC(C)(C)C. The van der Waals surface area contributed by atoms with E-state index in [1.165, 1.54) is 6.21 Å². The second kappa shape index (κ2) is 7.89. The van der Waals surface area contributed by atoms with Gasteiger partial charge in [0.05, 0.1) is 24.0 Å². The Morgan fingerprint density at radius 2 is 1.96 bits per heavy atom. The third kappa shape index (κ3) is 5.76. The molecule has 2 aromatic rings. The molecule has 0 spiro atoms. The molecule has 1 aromatic heterocycles. The van der Waals surface area contributed by atoms with E-state index in [0.29, 0.717) is 28.0 Å². The number of hydrazone groups is 1. The average molecular weight is 383 g/mol. The third-order valence-corrected chi connectivity index (χ3v) is 3.75. The first-order valence-electron chi connectivity index (χ1n) is 7.65. The van der Waals surface area contributed by atoms with Crippen molar-refractivity contribution < 1.29 is 9.53 Å². The molecule has 0 atom stereocenters. The molecular formula is C17H20Cl2N4O2. The van der Waals surface area contributed by atoms with Crippen LogP contribution in [0.5, 0.6) is 0 Å². The number of hydrogen-bond acceptors (Lipinski definition) is 4. The van der Waals surface area contributed by atoms with Gasteiger partial charge in [-0.1, -0.05) is 35.3 Å². The number of carbonyl (C=O) groups is 1. The lowest BCUT2D eigenvalue weighted by Crippen LogP contribution is -2.29. The van der Waals surface area contributed by atoms with Crippen LogP contribution in [0.4, 0.5) is 4.79 Å². The molecule has 0 aliphatic rings. The van der Waals surface area contributed by atoms with Crippen LogP contribution in [0.15, 0.2) is 29.4 Å².